The number of hydrogen-bond donors (Lipinski definition) is 4. The van der Waals surface area contributed by atoms with Crippen LogP contribution in [0.1, 0.15) is 45.1 Å². The van der Waals surface area contributed by atoms with Crippen molar-refractivity contribution < 1.29 is 39.2 Å². The average Bonchev–Trinajstić information content (AvgIpc) is 3.21. The lowest BCUT2D eigenvalue weighted by Gasteiger charge is -2.42. The van der Waals surface area contributed by atoms with Gasteiger partial charge in [-0.1, -0.05) is 36.3 Å². The lowest BCUT2D eigenvalue weighted by Crippen LogP contribution is -2.46. The minimum Gasteiger partial charge on any atom is -0.504 e. The molecule has 4 atom stereocenters. The van der Waals surface area contributed by atoms with Gasteiger partial charge in [0.15, 0.2) is 11.5 Å². The topological polar surface area (TPSA) is 137 Å². The third-order valence-electron chi connectivity index (χ3n) is 8.70. The Kier molecular flexibility index (Phi) is 9.19. The van der Waals surface area contributed by atoms with Crippen LogP contribution in [0.25, 0.3) is 6.08 Å². The predicted octanol–water partition coefficient (Wildman–Crippen LogP) is 3.28. The van der Waals surface area contributed by atoms with E-state index in [2.05, 4.69) is 35.6 Å². The molecule has 2 amide bonds. The molecule has 2 fully saturated rings. The molecule has 0 saturated carbocycles. The fraction of sp³-hybridized carbons (Fsp3) is 0.400. The summed E-state index contributed by atoms with van der Waals surface area (Å²) in [6.45, 7) is 4.06. The number of hydrogen-bond acceptors (Lipinski definition) is 8. The van der Waals surface area contributed by atoms with E-state index < -0.39 is 32.2 Å². The number of rotatable bonds is 8. The van der Waals surface area contributed by atoms with Crippen molar-refractivity contribution >= 4 is 65.9 Å². The molecular formula is C30H34B2INO8. The number of benzene rings is 2. The molecule has 3 aliphatic rings. The van der Waals surface area contributed by atoms with Crippen LogP contribution in [0.15, 0.2) is 53.1 Å². The molecular weight excluding hydrogens is 651 g/mol. The molecule has 220 valence electrons. The van der Waals surface area contributed by atoms with E-state index in [1.54, 1.807) is 18.2 Å². The summed E-state index contributed by atoms with van der Waals surface area (Å²) in [5.41, 5.74) is 4.60. The van der Waals surface area contributed by atoms with Crippen molar-refractivity contribution in [1.82, 2.24) is 0 Å². The molecule has 0 aromatic heterocycles. The Morgan fingerprint density at radius 3 is 2.67 bits per heavy atom. The van der Waals surface area contributed by atoms with E-state index in [0.29, 0.717) is 34.3 Å². The molecule has 2 aromatic rings. The summed E-state index contributed by atoms with van der Waals surface area (Å²) in [5.74, 6) is -1.61. The smallest absolute Gasteiger partial charge is 0.488 e. The van der Waals surface area contributed by atoms with E-state index in [9.17, 15) is 29.8 Å². The largest absolute Gasteiger partial charge is 0.504 e. The normalized spacial score (nSPS) is 24.2. The van der Waals surface area contributed by atoms with Crippen molar-refractivity contribution in [2.24, 2.45) is 17.8 Å². The van der Waals surface area contributed by atoms with Gasteiger partial charge in [0.2, 0.25) is 11.8 Å². The second-order valence-electron chi connectivity index (χ2n) is 11.2. The molecule has 5 rings (SSSR count). The Hall–Kier alpha value is -2.64. The Labute approximate surface area is 259 Å². The number of ether oxygens (including phenoxy) is 1. The van der Waals surface area contributed by atoms with Gasteiger partial charge in [-0.3, -0.25) is 14.5 Å². The lowest BCUT2D eigenvalue weighted by molar-refractivity contribution is -0.122. The number of aromatic hydroxyl groups is 1. The van der Waals surface area contributed by atoms with Crippen molar-refractivity contribution in [2.45, 2.75) is 52.0 Å². The van der Waals surface area contributed by atoms with Crippen LogP contribution in [0.4, 0.5) is 5.69 Å². The summed E-state index contributed by atoms with van der Waals surface area (Å²) < 4.78 is 12.1. The number of anilines is 1. The predicted molar refractivity (Wildman–Crippen MR) is 169 cm³/mol. The fourth-order valence-corrected chi connectivity index (χ4v) is 7.36. The molecule has 1 aliphatic carbocycles. The first kappa shape index (κ1) is 30.8. The van der Waals surface area contributed by atoms with Crippen LogP contribution < -0.4 is 15.1 Å². The van der Waals surface area contributed by atoms with Crippen molar-refractivity contribution in [3.8, 4) is 11.5 Å². The Morgan fingerprint density at radius 2 is 1.98 bits per heavy atom. The zero-order valence-corrected chi connectivity index (χ0v) is 25.9. The van der Waals surface area contributed by atoms with Crippen molar-refractivity contribution in [2.75, 3.05) is 12.0 Å². The molecule has 0 radical (unpaired) electrons. The average molecular weight is 685 g/mol. The molecule has 0 unspecified atom stereocenters. The first-order valence-electron chi connectivity index (χ1n) is 14.2. The molecule has 0 spiro atoms. The van der Waals surface area contributed by atoms with Gasteiger partial charge in [-0.15, -0.1) is 0 Å². The van der Waals surface area contributed by atoms with E-state index >= 15 is 0 Å². The molecule has 2 heterocycles. The van der Waals surface area contributed by atoms with Gasteiger partial charge in [0.05, 0.1) is 34.3 Å². The van der Waals surface area contributed by atoms with E-state index in [0.717, 1.165) is 28.7 Å². The molecule has 2 saturated heterocycles. The number of amides is 2. The molecule has 4 N–H and O–H groups in total. The number of phenols is 1. The number of carbonyl (C=O) groups excluding carboxylic acids is 2. The molecule has 2 aliphatic heterocycles. The van der Waals surface area contributed by atoms with Gasteiger partial charge in [-0.05, 0) is 108 Å². The standard InChI is InChI=1S/C30H34B2INO8/c1-4-17(11-18-12-23(33)28(35)25(13-18)41-3)8-9-24-26-16(2)10-21-27(22(26)15-31(38)42-24)30(37)34(29(21)36)20-7-5-6-19(14-20)32(39)40/h5-7,11-14,21-22,24,27,35,38-40H,4,8-10,15H2,1-3H3/b17-11+/t21-,22+,24-,27-/m1/s1. The van der Waals surface area contributed by atoms with Gasteiger partial charge >= 0.3 is 14.2 Å². The summed E-state index contributed by atoms with van der Waals surface area (Å²) in [4.78, 5) is 28.6. The maximum Gasteiger partial charge on any atom is 0.488 e. The SMILES string of the molecule is CC/C(=C\c1cc(I)c(O)c(OC)c1)CC[C@H]1OB(O)C[C@H]2C1=C(C)C[C@H]1C(=O)N(c3cccc(B(O)O)c3)C(=O)[C@H]12. The zero-order chi connectivity index (χ0) is 30.3. The Bertz CT molecular complexity index is 1460. The van der Waals surface area contributed by atoms with Crippen molar-refractivity contribution in [3.63, 3.8) is 0 Å². The lowest BCUT2D eigenvalue weighted by atomic mass is 9.59. The number of nitrogens with zero attached hydrogens (tertiary/aromatic N) is 1. The second kappa shape index (κ2) is 12.5. The third-order valence-corrected chi connectivity index (χ3v) is 9.52. The van der Waals surface area contributed by atoms with E-state index in [1.165, 1.54) is 24.1 Å². The molecule has 9 nitrogen and oxygen atoms in total. The third kappa shape index (κ3) is 5.79. The highest BCUT2D eigenvalue weighted by molar-refractivity contribution is 14.1. The van der Waals surface area contributed by atoms with Gasteiger partial charge in [0.1, 0.15) is 0 Å². The van der Waals surface area contributed by atoms with E-state index in [-0.39, 0.29) is 35.3 Å². The maximum absolute atomic E-state index is 13.8. The molecule has 0 bridgehead atoms. The van der Waals surface area contributed by atoms with Crippen LogP contribution in [0, 0.1) is 21.3 Å². The van der Waals surface area contributed by atoms with E-state index in [1.807, 2.05) is 13.0 Å². The number of carbonyl (C=O) groups is 2. The quantitative estimate of drug-likeness (QED) is 0.144. The Balaban J connectivity index is 1.39. The number of fused-ring (bicyclic) bond motifs is 3. The van der Waals surface area contributed by atoms with Crippen LogP contribution in [0.2, 0.25) is 6.32 Å². The second-order valence-corrected chi connectivity index (χ2v) is 12.4. The number of phenolic OH excluding ortho intramolecular Hbond substituents is 1. The fourth-order valence-electron chi connectivity index (χ4n) is 6.73. The highest BCUT2D eigenvalue weighted by Crippen LogP contribution is 2.51. The summed E-state index contributed by atoms with van der Waals surface area (Å²) in [5, 5.41) is 40.2. The maximum atomic E-state index is 13.8. The zero-order valence-electron chi connectivity index (χ0n) is 23.8. The van der Waals surface area contributed by atoms with Gasteiger partial charge < -0.3 is 29.6 Å². The van der Waals surface area contributed by atoms with Gasteiger partial charge in [-0.2, -0.15) is 0 Å². The van der Waals surface area contributed by atoms with E-state index in [4.69, 9.17) is 9.39 Å². The van der Waals surface area contributed by atoms with Crippen LogP contribution in [-0.4, -0.2) is 59.4 Å². The minimum absolute atomic E-state index is 0.110. The number of imide groups is 1. The summed E-state index contributed by atoms with van der Waals surface area (Å²) in [7, 11) is -1.26. The first-order chi connectivity index (χ1) is 20.0. The Morgan fingerprint density at radius 1 is 1.21 bits per heavy atom. The monoisotopic (exact) mass is 685 g/mol. The summed E-state index contributed by atoms with van der Waals surface area (Å²) in [6.07, 6.45) is 4.44. The van der Waals surface area contributed by atoms with Crippen molar-refractivity contribution in [1.29, 1.82) is 0 Å². The number of methoxy groups -OCH3 is 1. The van der Waals surface area contributed by atoms with Gasteiger partial charge in [0, 0.05) is 0 Å². The summed E-state index contributed by atoms with van der Waals surface area (Å²) >= 11 is 2.07. The van der Waals surface area contributed by atoms with Crippen LogP contribution >= 0.6 is 22.6 Å². The van der Waals surface area contributed by atoms with Gasteiger partial charge in [0.25, 0.3) is 0 Å². The van der Waals surface area contributed by atoms with Gasteiger partial charge in [-0.25, -0.2) is 0 Å². The van der Waals surface area contributed by atoms with Crippen molar-refractivity contribution in [3.05, 3.63) is 62.3 Å². The molecule has 2 aromatic carbocycles. The molecule has 42 heavy (non-hydrogen) atoms. The van der Waals surface area contributed by atoms with Crippen LogP contribution in [-0.2, 0) is 14.2 Å². The highest BCUT2D eigenvalue weighted by Gasteiger charge is 2.57. The number of allylic oxidation sites excluding steroid dienone is 2. The van der Waals surface area contributed by atoms with Crippen LogP contribution in [0.5, 0.6) is 11.5 Å². The van der Waals surface area contributed by atoms with Crippen LogP contribution in [0.3, 0.4) is 0 Å². The number of halogens is 1. The highest BCUT2D eigenvalue weighted by atomic mass is 127. The first-order valence-corrected chi connectivity index (χ1v) is 15.2. The molecule has 12 heteroatoms. The minimum atomic E-state index is -1.72. The summed E-state index contributed by atoms with van der Waals surface area (Å²) in [6, 6.07) is 9.86.